The van der Waals surface area contributed by atoms with E-state index in [0.29, 0.717) is 41.1 Å². The van der Waals surface area contributed by atoms with Crippen LogP contribution in [0, 0.1) is 18.6 Å². The fourth-order valence-electron chi connectivity index (χ4n) is 6.50. The van der Waals surface area contributed by atoms with Gasteiger partial charge >= 0.3 is 13.5 Å². The van der Waals surface area contributed by atoms with Gasteiger partial charge in [-0.2, -0.15) is 0 Å². The molecule has 3 saturated carbocycles. The second kappa shape index (κ2) is 10.8. The first-order valence-corrected chi connectivity index (χ1v) is 15.7. The summed E-state index contributed by atoms with van der Waals surface area (Å²) in [6.07, 6.45) is 4.84. The number of nitrogens with one attached hydrogen (secondary N) is 2. The molecule has 11 nitrogen and oxygen atoms in total. The van der Waals surface area contributed by atoms with Gasteiger partial charge in [-0.05, 0) is 80.9 Å². The minimum atomic E-state index is -4.73. The molecule has 3 aromatic rings. The number of rotatable bonds is 7. The molecule has 3 aliphatic carbocycles. The molecule has 1 unspecified atom stereocenters. The maximum atomic E-state index is 14.4. The van der Waals surface area contributed by atoms with E-state index in [2.05, 4.69) is 15.3 Å². The fraction of sp³-hybridized carbons (Fsp3) is 0.345. The van der Waals surface area contributed by atoms with Crippen molar-refractivity contribution in [1.29, 1.82) is 0 Å². The minimum absolute atomic E-state index is 0.0369. The van der Waals surface area contributed by atoms with Crippen LogP contribution in [-0.2, 0) is 13.9 Å². The van der Waals surface area contributed by atoms with Crippen molar-refractivity contribution >= 4 is 48.9 Å². The SMILES string of the molecule is Cc1c(Cl)ccc2c1N=C/C2=C\c1[nH]c(=O)n(C(C(=O)NC23CCC(OP(=O)(O)O)(CC2)CC3)c2ccc(F)c(F)c2)c1O. The van der Waals surface area contributed by atoms with Crippen LogP contribution < -0.4 is 11.0 Å². The Bertz CT molecular complexity index is 1840. The summed E-state index contributed by atoms with van der Waals surface area (Å²) in [6.45, 7) is 1.81. The minimum Gasteiger partial charge on any atom is -0.493 e. The Morgan fingerprint density at radius 2 is 1.84 bits per heavy atom. The zero-order valence-electron chi connectivity index (χ0n) is 23.3. The Labute approximate surface area is 254 Å². The third-order valence-electron chi connectivity index (χ3n) is 8.88. The number of nitrogens with zero attached hydrogens (tertiary/aromatic N) is 2. The Balaban J connectivity index is 1.35. The first-order chi connectivity index (χ1) is 20.7. The number of fused-ring (bicyclic) bond motifs is 4. The van der Waals surface area contributed by atoms with Crippen molar-refractivity contribution in [3.8, 4) is 5.88 Å². The molecule has 5 N–H and O–H groups in total. The predicted octanol–water partition coefficient (Wildman–Crippen LogP) is 5.04. The molecule has 1 aromatic heterocycles. The van der Waals surface area contributed by atoms with Crippen molar-refractivity contribution in [2.75, 3.05) is 0 Å². The molecule has 15 heteroatoms. The largest absolute Gasteiger partial charge is 0.493 e. The molecule has 3 fully saturated rings. The molecular formula is C29H28ClF2N4O7P. The maximum absolute atomic E-state index is 14.4. The number of imidazole rings is 1. The van der Waals surface area contributed by atoms with Gasteiger partial charge in [0, 0.05) is 27.9 Å². The number of carbonyl (C=O) groups excluding carboxylic acids is 1. The lowest BCUT2D eigenvalue weighted by Crippen LogP contribution is -2.60. The molecule has 44 heavy (non-hydrogen) atoms. The number of hydrogen-bond donors (Lipinski definition) is 5. The number of aromatic nitrogens is 2. The number of carbonyl (C=O) groups is 1. The Hall–Kier alpha value is -3.61. The predicted molar refractivity (Wildman–Crippen MR) is 158 cm³/mol. The number of allylic oxidation sites excluding steroid dienone is 1. The number of phosphoric ester groups is 1. The van der Waals surface area contributed by atoms with E-state index >= 15 is 0 Å². The van der Waals surface area contributed by atoms with Gasteiger partial charge in [-0.25, -0.2) is 22.7 Å². The zero-order valence-corrected chi connectivity index (χ0v) is 25.0. The second-order valence-corrected chi connectivity index (χ2v) is 13.1. The van der Waals surface area contributed by atoms with Crippen molar-refractivity contribution in [3.63, 3.8) is 0 Å². The quantitative estimate of drug-likeness (QED) is 0.224. The summed E-state index contributed by atoms with van der Waals surface area (Å²) in [5.74, 6) is -3.77. The van der Waals surface area contributed by atoms with Crippen LogP contribution in [0.15, 0.2) is 40.1 Å². The van der Waals surface area contributed by atoms with Gasteiger partial charge in [0.2, 0.25) is 11.8 Å². The number of halogens is 3. The van der Waals surface area contributed by atoms with Gasteiger partial charge in [0.15, 0.2) is 11.6 Å². The van der Waals surface area contributed by atoms with E-state index in [4.69, 9.17) is 16.1 Å². The Kier molecular flexibility index (Phi) is 7.45. The van der Waals surface area contributed by atoms with Crippen molar-refractivity contribution in [1.82, 2.24) is 14.9 Å². The van der Waals surface area contributed by atoms with E-state index in [1.165, 1.54) is 6.08 Å². The number of hydrogen-bond acceptors (Lipinski definition) is 6. The molecule has 0 saturated heterocycles. The van der Waals surface area contributed by atoms with Gasteiger partial charge in [-0.15, -0.1) is 0 Å². The van der Waals surface area contributed by atoms with Gasteiger partial charge in [0.1, 0.15) is 11.7 Å². The van der Waals surface area contributed by atoms with Crippen LogP contribution in [0.2, 0.25) is 5.02 Å². The maximum Gasteiger partial charge on any atom is 0.470 e. The van der Waals surface area contributed by atoms with Crippen LogP contribution in [0.1, 0.15) is 67.0 Å². The molecule has 2 heterocycles. The molecule has 0 spiro atoms. The van der Waals surface area contributed by atoms with E-state index in [1.54, 1.807) is 18.3 Å². The number of aliphatic imine (C=N–C) groups is 1. The summed E-state index contributed by atoms with van der Waals surface area (Å²) in [6, 6.07) is 4.63. The van der Waals surface area contributed by atoms with Gasteiger partial charge in [0.05, 0.1) is 11.3 Å². The second-order valence-electron chi connectivity index (χ2n) is 11.6. The average molecular weight is 649 g/mol. The Morgan fingerprint density at radius 1 is 1.16 bits per heavy atom. The third kappa shape index (κ3) is 5.43. The van der Waals surface area contributed by atoms with Crippen LogP contribution in [-0.4, -0.2) is 47.7 Å². The van der Waals surface area contributed by atoms with Gasteiger partial charge in [-0.3, -0.25) is 14.3 Å². The number of benzene rings is 2. The highest BCUT2D eigenvalue weighted by Gasteiger charge is 2.53. The number of aromatic amines is 1. The molecule has 1 atom stereocenters. The van der Waals surface area contributed by atoms with Crippen molar-refractivity contribution in [3.05, 3.63) is 79.9 Å². The van der Waals surface area contributed by atoms with Crippen LogP contribution in [0.4, 0.5) is 14.5 Å². The van der Waals surface area contributed by atoms with Crippen LogP contribution in [0.3, 0.4) is 0 Å². The monoisotopic (exact) mass is 648 g/mol. The average Bonchev–Trinajstić information content (AvgIpc) is 3.49. The fourth-order valence-corrected chi connectivity index (χ4v) is 7.44. The summed E-state index contributed by atoms with van der Waals surface area (Å²) in [5, 5.41) is 14.8. The lowest BCUT2D eigenvalue weighted by atomic mass is 9.63. The first-order valence-electron chi connectivity index (χ1n) is 13.8. The molecule has 232 valence electrons. The third-order valence-corrected chi connectivity index (χ3v) is 9.92. The summed E-state index contributed by atoms with van der Waals surface area (Å²) >= 11 is 6.21. The molecule has 4 aliphatic rings. The highest BCUT2D eigenvalue weighted by molar-refractivity contribution is 7.46. The van der Waals surface area contributed by atoms with Crippen LogP contribution in [0.25, 0.3) is 11.6 Å². The zero-order chi connectivity index (χ0) is 31.6. The van der Waals surface area contributed by atoms with E-state index in [9.17, 15) is 37.8 Å². The molecule has 7 rings (SSSR count). The van der Waals surface area contributed by atoms with E-state index < -0.39 is 54.1 Å². The lowest BCUT2D eigenvalue weighted by Gasteiger charge is -2.53. The van der Waals surface area contributed by atoms with Crippen molar-refractivity contribution in [2.24, 2.45) is 4.99 Å². The normalized spacial score (nSPS) is 24.1. The standard InChI is InChI=1S/C29H28ClF2N4O7P/c1-15-19(30)4-3-18-17(14-33-23(15)18)13-22-26(38)36(27(39)34-22)24(16-2-5-20(31)21(32)12-16)25(37)35-28-6-9-29(10-7-28,11-8-28)43-44(40,41)42/h2-5,12-14,24,38H,6-11H2,1H3,(H,34,39)(H,35,37)(H2,40,41,42)/b17-13+. The molecule has 0 radical (unpaired) electrons. The first kappa shape index (κ1) is 30.4. The molecule has 2 aromatic carbocycles. The number of H-pyrrole nitrogens is 1. The smallest absolute Gasteiger partial charge is 0.470 e. The number of aromatic hydroxyl groups is 1. The topological polar surface area (TPSA) is 166 Å². The summed E-state index contributed by atoms with van der Waals surface area (Å²) in [7, 11) is -4.73. The van der Waals surface area contributed by atoms with Gasteiger partial charge in [-0.1, -0.05) is 23.7 Å². The lowest BCUT2D eigenvalue weighted by molar-refractivity contribution is -0.130. The molecule has 1 aliphatic heterocycles. The van der Waals surface area contributed by atoms with Crippen LogP contribution in [0.5, 0.6) is 5.88 Å². The van der Waals surface area contributed by atoms with Gasteiger partial charge in [0.25, 0.3) is 0 Å². The summed E-state index contributed by atoms with van der Waals surface area (Å²) in [5.41, 5.74) is -0.137. The van der Waals surface area contributed by atoms with E-state index in [0.717, 1.165) is 28.3 Å². The summed E-state index contributed by atoms with van der Waals surface area (Å²) < 4.78 is 45.7. The van der Waals surface area contributed by atoms with Gasteiger partial charge < -0.3 is 25.2 Å². The number of phosphoric acid groups is 1. The molecule has 1 amide bonds. The van der Waals surface area contributed by atoms with E-state index in [-0.39, 0.29) is 30.5 Å². The highest BCUT2D eigenvalue weighted by atomic mass is 35.5. The van der Waals surface area contributed by atoms with Crippen molar-refractivity contribution in [2.45, 2.75) is 62.6 Å². The number of amides is 1. The van der Waals surface area contributed by atoms with E-state index in [1.807, 2.05) is 6.92 Å². The Morgan fingerprint density at radius 3 is 2.48 bits per heavy atom. The molecular weight excluding hydrogens is 621 g/mol. The summed E-state index contributed by atoms with van der Waals surface area (Å²) in [4.78, 5) is 52.9. The molecule has 2 bridgehead atoms. The highest BCUT2D eigenvalue weighted by Crippen LogP contribution is 2.55. The van der Waals surface area contributed by atoms with Crippen LogP contribution >= 0.6 is 19.4 Å². The van der Waals surface area contributed by atoms with Crippen molar-refractivity contribution < 1.29 is 37.6 Å².